The number of H-pyrrole nitrogens is 1. The maximum atomic E-state index is 14.0. The van der Waals surface area contributed by atoms with Gasteiger partial charge in [0, 0.05) is 23.9 Å². The zero-order valence-electron chi connectivity index (χ0n) is 23.0. The van der Waals surface area contributed by atoms with Crippen molar-refractivity contribution in [1.82, 2.24) is 9.88 Å². The molecule has 4 heterocycles. The van der Waals surface area contributed by atoms with Gasteiger partial charge < -0.3 is 28.8 Å². The number of thiazole rings is 1. The van der Waals surface area contributed by atoms with Crippen molar-refractivity contribution in [2.45, 2.75) is 23.1 Å². The van der Waals surface area contributed by atoms with E-state index in [2.05, 4.69) is 4.98 Å². The number of aromatic nitrogens is 1. The third kappa shape index (κ3) is 5.16. The molecule has 6 rings (SSSR count). The molecule has 1 aromatic heterocycles. The number of hydrogen-bond acceptors (Lipinski definition) is 10. The zero-order chi connectivity index (χ0) is 29.4. The van der Waals surface area contributed by atoms with E-state index in [4.69, 9.17) is 18.9 Å². The first-order valence-electron chi connectivity index (χ1n) is 13.6. The predicted octanol–water partition coefficient (Wildman–Crippen LogP) is 2.88. The molecular formula is C29H29N3O8S2. The summed E-state index contributed by atoms with van der Waals surface area (Å²) in [6, 6.07) is 12.1. The maximum absolute atomic E-state index is 14.0. The van der Waals surface area contributed by atoms with Crippen LogP contribution in [0.1, 0.15) is 23.3 Å². The molecule has 2 aromatic carbocycles. The van der Waals surface area contributed by atoms with Crippen molar-refractivity contribution in [1.29, 1.82) is 0 Å². The number of methoxy groups -OCH3 is 1. The standard InChI is InChI=1S/C29H29N3O8S2/c1-3-39-20-14-16(4-9-19(20)40-15-21(33)31-10-12-38-13-11-31)22-23-25(41-26-24(22)42-29(36)30-26)28(35)32(27(23)34)17-5-7-18(37-2)8-6-17/h4-9,14,22-23,25H,3,10-13,15H2,1-2H3,(H,30,36)/t22-,23-,25+/m0/s1. The summed E-state index contributed by atoms with van der Waals surface area (Å²) in [7, 11) is 1.55. The molecule has 3 aliphatic rings. The van der Waals surface area contributed by atoms with Gasteiger partial charge in [-0.05, 0) is 48.9 Å². The van der Waals surface area contributed by atoms with Crippen molar-refractivity contribution in [2.24, 2.45) is 5.92 Å². The Balaban J connectivity index is 1.33. The van der Waals surface area contributed by atoms with Crippen molar-refractivity contribution in [2.75, 3.05) is 51.5 Å². The Hall–Kier alpha value is -3.81. The van der Waals surface area contributed by atoms with Gasteiger partial charge >= 0.3 is 4.87 Å². The van der Waals surface area contributed by atoms with Crippen LogP contribution in [0.4, 0.5) is 5.69 Å². The SMILES string of the molecule is CCOc1cc([C@@H]2c3sc(=O)[nH]c3S[C@H]3C(=O)N(c4ccc(OC)cc4)C(=O)[C@@H]23)ccc1OCC(=O)N1CCOCC1. The van der Waals surface area contributed by atoms with Crippen LogP contribution in [-0.2, 0) is 19.1 Å². The molecule has 3 aliphatic heterocycles. The number of benzene rings is 2. The minimum Gasteiger partial charge on any atom is -0.497 e. The number of nitrogens with one attached hydrogen (secondary N) is 1. The average molecular weight is 612 g/mol. The fraction of sp³-hybridized carbons (Fsp3) is 0.379. The van der Waals surface area contributed by atoms with Crippen molar-refractivity contribution in [3.63, 3.8) is 0 Å². The second-order valence-corrected chi connectivity index (χ2v) is 12.0. The van der Waals surface area contributed by atoms with Gasteiger partial charge in [-0.15, -0.1) is 0 Å². The summed E-state index contributed by atoms with van der Waals surface area (Å²) in [5.74, 6) is -0.728. The number of amides is 3. The van der Waals surface area contributed by atoms with Gasteiger partial charge in [-0.2, -0.15) is 0 Å². The lowest BCUT2D eigenvalue weighted by molar-refractivity contribution is -0.137. The summed E-state index contributed by atoms with van der Waals surface area (Å²) < 4.78 is 22.3. The molecule has 2 saturated heterocycles. The van der Waals surface area contributed by atoms with Crippen molar-refractivity contribution >= 4 is 46.5 Å². The Kier molecular flexibility index (Phi) is 7.97. The molecule has 0 spiro atoms. The van der Waals surface area contributed by atoms with Gasteiger partial charge in [0.05, 0.1) is 43.6 Å². The van der Waals surface area contributed by atoms with Gasteiger partial charge in [0.25, 0.3) is 5.91 Å². The molecule has 0 bridgehead atoms. The van der Waals surface area contributed by atoms with E-state index < -0.39 is 17.1 Å². The molecule has 220 valence electrons. The van der Waals surface area contributed by atoms with E-state index in [-0.39, 0.29) is 29.2 Å². The number of morpholine rings is 1. The smallest absolute Gasteiger partial charge is 0.305 e. The van der Waals surface area contributed by atoms with Gasteiger partial charge in [0.15, 0.2) is 18.1 Å². The van der Waals surface area contributed by atoms with Crippen LogP contribution >= 0.6 is 23.1 Å². The van der Waals surface area contributed by atoms with Gasteiger partial charge in [0.2, 0.25) is 11.8 Å². The quantitative estimate of drug-likeness (QED) is 0.383. The van der Waals surface area contributed by atoms with Crippen LogP contribution in [-0.4, -0.2) is 79.5 Å². The lowest BCUT2D eigenvalue weighted by atomic mass is 9.83. The lowest BCUT2D eigenvalue weighted by Gasteiger charge is -2.30. The Morgan fingerprint density at radius 3 is 2.50 bits per heavy atom. The third-order valence-corrected chi connectivity index (χ3v) is 9.90. The van der Waals surface area contributed by atoms with E-state index in [1.165, 1.54) is 16.7 Å². The van der Waals surface area contributed by atoms with Gasteiger partial charge in [0.1, 0.15) is 11.0 Å². The van der Waals surface area contributed by atoms with Gasteiger partial charge in [-0.1, -0.05) is 29.2 Å². The first-order valence-corrected chi connectivity index (χ1v) is 15.3. The van der Waals surface area contributed by atoms with Crippen LogP contribution in [0.3, 0.4) is 0 Å². The number of rotatable bonds is 8. The number of carbonyl (C=O) groups is 3. The summed E-state index contributed by atoms with van der Waals surface area (Å²) in [6.45, 7) is 4.05. The first kappa shape index (κ1) is 28.3. The molecule has 3 atom stereocenters. The third-order valence-electron chi connectivity index (χ3n) is 7.50. The van der Waals surface area contributed by atoms with E-state index in [0.717, 1.165) is 11.3 Å². The molecule has 0 unspecified atom stereocenters. The van der Waals surface area contributed by atoms with Crippen LogP contribution < -0.4 is 24.0 Å². The molecule has 3 aromatic rings. The highest BCUT2D eigenvalue weighted by atomic mass is 32.2. The summed E-state index contributed by atoms with van der Waals surface area (Å²) in [5.41, 5.74) is 1.16. The second-order valence-electron chi connectivity index (χ2n) is 9.88. The number of carbonyl (C=O) groups excluding carboxylic acids is 3. The summed E-state index contributed by atoms with van der Waals surface area (Å²) in [4.78, 5) is 59.0. The number of nitrogens with zero attached hydrogens (tertiary/aromatic N) is 2. The molecular weight excluding hydrogens is 582 g/mol. The molecule has 2 fully saturated rings. The monoisotopic (exact) mass is 611 g/mol. The molecule has 13 heteroatoms. The zero-order valence-corrected chi connectivity index (χ0v) is 24.6. The lowest BCUT2D eigenvalue weighted by Crippen LogP contribution is -2.43. The molecule has 1 N–H and O–H groups in total. The Bertz CT molecular complexity index is 1560. The summed E-state index contributed by atoms with van der Waals surface area (Å²) in [5, 5.41) is -0.136. The first-order chi connectivity index (χ1) is 20.4. The summed E-state index contributed by atoms with van der Waals surface area (Å²) in [6.07, 6.45) is 0. The maximum Gasteiger partial charge on any atom is 0.305 e. The van der Waals surface area contributed by atoms with E-state index >= 15 is 0 Å². The van der Waals surface area contributed by atoms with Crippen molar-refractivity contribution < 1.29 is 33.3 Å². The number of fused-ring (bicyclic) bond motifs is 2. The van der Waals surface area contributed by atoms with E-state index in [0.29, 0.717) is 71.3 Å². The molecule has 0 radical (unpaired) electrons. The Morgan fingerprint density at radius 1 is 1.02 bits per heavy atom. The normalized spacial score (nSPS) is 21.6. The molecule has 3 amide bonds. The van der Waals surface area contributed by atoms with Crippen molar-refractivity contribution in [3.05, 3.63) is 62.6 Å². The van der Waals surface area contributed by atoms with E-state index in [1.807, 2.05) is 6.92 Å². The van der Waals surface area contributed by atoms with E-state index in [9.17, 15) is 19.2 Å². The average Bonchev–Trinajstić information content (AvgIpc) is 3.50. The molecule has 0 saturated carbocycles. The predicted molar refractivity (Wildman–Crippen MR) is 156 cm³/mol. The van der Waals surface area contributed by atoms with Crippen LogP contribution in [0.15, 0.2) is 52.3 Å². The molecule has 11 nitrogen and oxygen atoms in total. The largest absolute Gasteiger partial charge is 0.497 e. The highest BCUT2D eigenvalue weighted by molar-refractivity contribution is 8.00. The topological polar surface area (TPSA) is 127 Å². The molecule has 42 heavy (non-hydrogen) atoms. The summed E-state index contributed by atoms with van der Waals surface area (Å²) >= 11 is 2.26. The van der Waals surface area contributed by atoms with Gasteiger partial charge in [-0.25, -0.2) is 4.90 Å². The van der Waals surface area contributed by atoms with Crippen LogP contribution in [0.25, 0.3) is 0 Å². The Labute approximate surface area is 249 Å². The fourth-order valence-electron chi connectivity index (χ4n) is 5.51. The van der Waals surface area contributed by atoms with Crippen LogP contribution in [0.2, 0.25) is 0 Å². The van der Waals surface area contributed by atoms with E-state index in [1.54, 1.807) is 54.5 Å². The number of ether oxygens (including phenoxy) is 4. The highest BCUT2D eigenvalue weighted by Gasteiger charge is 2.56. The number of imide groups is 1. The molecule has 0 aliphatic carbocycles. The van der Waals surface area contributed by atoms with Crippen LogP contribution in [0.5, 0.6) is 17.2 Å². The number of anilines is 1. The highest BCUT2D eigenvalue weighted by Crippen LogP contribution is 2.53. The minimum atomic E-state index is -0.743. The number of hydrogen-bond donors (Lipinski definition) is 1. The van der Waals surface area contributed by atoms with Gasteiger partial charge in [-0.3, -0.25) is 19.2 Å². The van der Waals surface area contributed by atoms with Crippen LogP contribution in [0, 0.1) is 5.92 Å². The second kappa shape index (κ2) is 11.8. The number of aromatic amines is 1. The number of thioether (sulfide) groups is 1. The minimum absolute atomic E-state index is 0.146. The Morgan fingerprint density at radius 2 is 1.79 bits per heavy atom. The van der Waals surface area contributed by atoms with Crippen molar-refractivity contribution in [3.8, 4) is 17.2 Å². The fourth-order valence-corrected chi connectivity index (χ4v) is 8.03.